The molecule has 1 unspecified atom stereocenters. The van der Waals surface area contributed by atoms with Gasteiger partial charge in [-0.1, -0.05) is 54.0 Å². The molecule has 1 aliphatic rings. The minimum absolute atomic E-state index is 0.0450. The first-order chi connectivity index (χ1) is 11.9. The van der Waals surface area contributed by atoms with Gasteiger partial charge in [-0.3, -0.25) is 0 Å². The van der Waals surface area contributed by atoms with Gasteiger partial charge >= 0.3 is 0 Å². The second-order valence-corrected chi connectivity index (χ2v) is 8.69. The summed E-state index contributed by atoms with van der Waals surface area (Å²) < 4.78 is 26.3. The molecule has 1 heterocycles. The molecule has 25 heavy (non-hydrogen) atoms. The smallest absolute Gasteiger partial charge is 0.187 e. The molecule has 2 aromatic carbocycles. The first-order valence-electron chi connectivity index (χ1n) is 7.65. The molecule has 1 N–H and O–H groups in total. The number of benzene rings is 2. The van der Waals surface area contributed by atoms with Gasteiger partial charge in [0.1, 0.15) is 5.25 Å². The fourth-order valence-electron chi connectivity index (χ4n) is 2.72. The standard InChI is InChI=1S/C18H16Cl2N2O2S/c1-12(14-3-2-4-16(20)11-14)25(23,24)17-9-10-21-22-18(17)13-5-7-15(19)8-6-13/h2-8,11,17,21H,1,9-10H2. The third kappa shape index (κ3) is 3.73. The zero-order chi connectivity index (χ0) is 18.0. The minimum Gasteiger partial charge on any atom is -0.310 e. The van der Waals surface area contributed by atoms with E-state index in [0.29, 0.717) is 39.8 Å². The summed E-state index contributed by atoms with van der Waals surface area (Å²) >= 11 is 11.9. The first kappa shape index (κ1) is 18.0. The van der Waals surface area contributed by atoms with Crippen molar-refractivity contribution in [3.63, 3.8) is 0 Å². The summed E-state index contributed by atoms with van der Waals surface area (Å²) in [7, 11) is -3.70. The average Bonchev–Trinajstić information content (AvgIpc) is 2.61. The van der Waals surface area contributed by atoms with Crippen LogP contribution < -0.4 is 5.43 Å². The molecule has 3 rings (SSSR count). The van der Waals surface area contributed by atoms with E-state index >= 15 is 0 Å². The molecule has 1 atom stereocenters. The quantitative estimate of drug-likeness (QED) is 0.847. The second-order valence-electron chi connectivity index (χ2n) is 5.67. The third-order valence-corrected chi connectivity index (χ3v) is 6.65. The number of hydrogen-bond acceptors (Lipinski definition) is 4. The van der Waals surface area contributed by atoms with Crippen LogP contribution in [0.4, 0.5) is 0 Å². The monoisotopic (exact) mass is 394 g/mol. The van der Waals surface area contributed by atoms with Crippen LogP contribution in [0.15, 0.2) is 60.2 Å². The van der Waals surface area contributed by atoms with Gasteiger partial charge in [-0.25, -0.2) is 8.42 Å². The van der Waals surface area contributed by atoms with E-state index in [2.05, 4.69) is 17.1 Å². The normalized spacial score (nSPS) is 17.5. The molecular weight excluding hydrogens is 379 g/mol. The van der Waals surface area contributed by atoms with E-state index in [4.69, 9.17) is 23.2 Å². The van der Waals surface area contributed by atoms with Crippen LogP contribution in [-0.4, -0.2) is 25.9 Å². The topological polar surface area (TPSA) is 58.5 Å². The van der Waals surface area contributed by atoms with Crippen molar-refractivity contribution in [2.75, 3.05) is 6.54 Å². The molecule has 0 saturated heterocycles. The number of nitrogens with one attached hydrogen (secondary N) is 1. The van der Waals surface area contributed by atoms with E-state index in [-0.39, 0.29) is 4.91 Å². The van der Waals surface area contributed by atoms with Gasteiger partial charge in [-0.05, 0) is 41.8 Å². The van der Waals surface area contributed by atoms with Crippen molar-refractivity contribution in [3.8, 4) is 0 Å². The number of halogens is 2. The number of hydrazone groups is 1. The fourth-order valence-corrected chi connectivity index (χ4v) is 4.74. The molecule has 0 radical (unpaired) electrons. The Morgan fingerprint density at radius 1 is 1.12 bits per heavy atom. The van der Waals surface area contributed by atoms with Crippen LogP contribution in [-0.2, 0) is 9.84 Å². The Labute approximate surface area is 157 Å². The summed E-state index contributed by atoms with van der Waals surface area (Å²) in [5.41, 5.74) is 4.54. The molecule has 1 aliphatic heterocycles. The summed E-state index contributed by atoms with van der Waals surface area (Å²) in [4.78, 5) is 0.0450. The number of nitrogens with zero attached hydrogens (tertiary/aromatic N) is 1. The van der Waals surface area contributed by atoms with Crippen molar-refractivity contribution >= 4 is 43.7 Å². The van der Waals surface area contributed by atoms with Gasteiger partial charge in [0.05, 0.1) is 10.6 Å². The van der Waals surface area contributed by atoms with Gasteiger partial charge in [0.15, 0.2) is 9.84 Å². The molecule has 2 aromatic rings. The SMILES string of the molecule is C=C(c1cccc(Cl)c1)S(=O)(=O)C1CCNN=C1c1ccc(Cl)cc1. The maximum Gasteiger partial charge on any atom is 0.187 e. The minimum atomic E-state index is -3.70. The Kier molecular flexibility index (Phi) is 5.18. The maximum absolute atomic E-state index is 13.2. The van der Waals surface area contributed by atoms with Crippen molar-refractivity contribution < 1.29 is 8.42 Å². The lowest BCUT2D eigenvalue weighted by Crippen LogP contribution is -2.39. The van der Waals surface area contributed by atoms with Gasteiger partial charge in [-0.2, -0.15) is 5.10 Å². The molecule has 0 bridgehead atoms. The molecular formula is C18H16Cl2N2O2S. The van der Waals surface area contributed by atoms with Crippen molar-refractivity contribution in [2.24, 2.45) is 5.10 Å². The molecule has 0 aromatic heterocycles. The van der Waals surface area contributed by atoms with E-state index in [0.717, 1.165) is 0 Å². The summed E-state index contributed by atoms with van der Waals surface area (Å²) in [6.07, 6.45) is 0.406. The zero-order valence-corrected chi connectivity index (χ0v) is 15.6. The predicted octanol–water partition coefficient (Wildman–Crippen LogP) is 4.15. The Morgan fingerprint density at radius 2 is 1.84 bits per heavy atom. The van der Waals surface area contributed by atoms with Crippen LogP contribution in [0.3, 0.4) is 0 Å². The predicted molar refractivity (Wildman–Crippen MR) is 104 cm³/mol. The highest BCUT2D eigenvalue weighted by Crippen LogP contribution is 2.29. The maximum atomic E-state index is 13.2. The van der Waals surface area contributed by atoms with E-state index in [1.807, 2.05) is 0 Å². The lowest BCUT2D eigenvalue weighted by molar-refractivity contribution is 0.584. The van der Waals surface area contributed by atoms with Crippen LogP contribution in [0.25, 0.3) is 4.91 Å². The van der Waals surface area contributed by atoms with Crippen LogP contribution in [0.5, 0.6) is 0 Å². The fraction of sp³-hybridized carbons (Fsp3) is 0.167. The molecule has 7 heteroatoms. The second kappa shape index (κ2) is 7.20. The summed E-state index contributed by atoms with van der Waals surface area (Å²) in [5, 5.41) is 4.51. The van der Waals surface area contributed by atoms with E-state index in [1.54, 1.807) is 48.5 Å². The van der Waals surface area contributed by atoms with Gasteiger partial charge in [0.25, 0.3) is 0 Å². The van der Waals surface area contributed by atoms with Gasteiger partial charge in [-0.15, -0.1) is 0 Å². The summed E-state index contributed by atoms with van der Waals surface area (Å²) in [6, 6.07) is 13.6. The highest BCUT2D eigenvalue weighted by molar-refractivity contribution is 8.01. The first-order valence-corrected chi connectivity index (χ1v) is 9.95. The Bertz CT molecular complexity index is 938. The number of rotatable bonds is 4. The summed E-state index contributed by atoms with van der Waals surface area (Å²) in [5.74, 6) is 0. The van der Waals surface area contributed by atoms with Crippen molar-refractivity contribution in [1.82, 2.24) is 5.43 Å². The molecule has 0 fully saturated rings. The summed E-state index contributed by atoms with van der Waals surface area (Å²) in [6.45, 7) is 4.29. The number of hydrogen-bond donors (Lipinski definition) is 1. The molecule has 0 amide bonds. The van der Waals surface area contributed by atoms with Crippen molar-refractivity contribution in [2.45, 2.75) is 11.7 Å². The van der Waals surface area contributed by atoms with Gasteiger partial charge in [0.2, 0.25) is 0 Å². The molecule has 4 nitrogen and oxygen atoms in total. The Morgan fingerprint density at radius 3 is 2.52 bits per heavy atom. The molecule has 130 valence electrons. The van der Waals surface area contributed by atoms with Crippen LogP contribution in [0.2, 0.25) is 10.0 Å². The lowest BCUT2D eigenvalue weighted by atomic mass is 10.0. The largest absolute Gasteiger partial charge is 0.310 e. The van der Waals surface area contributed by atoms with Gasteiger partial charge < -0.3 is 5.43 Å². The third-order valence-electron chi connectivity index (χ3n) is 4.03. The van der Waals surface area contributed by atoms with Crippen LogP contribution in [0.1, 0.15) is 17.5 Å². The van der Waals surface area contributed by atoms with Crippen LogP contribution >= 0.6 is 23.2 Å². The van der Waals surface area contributed by atoms with Gasteiger partial charge in [0, 0.05) is 16.6 Å². The number of sulfone groups is 1. The highest BCUT2D eigenvalue weighted by atomic mass is 35.5. The van der Waals surface area contributed by atoms with E-state index in [1.165, 1.54) is 0 Å². The average molecular weight is 395 g/mol. The Hall–Kier alpha value is -1.82. The van der Waals surface area contributed by atoms with Crippen molar-refractivity contribution in [1.29, 1.82) is 0 Å². The molecule has 0 aliphatic carbocycles. The van der Waals surface area contributed by atoms with E-state index in [9.17, 15) is 8.42 Å². The van der Waals surface area contributed by atoms with Crippen molar-refractivity contribution in [3.05, 3.63) is 76.3 Å². The molecule has 0 spiro atoms. The zero-order valence-electron chi connectivity index (χ0n) is 13.2. The molecule has 0 saturated carbocycles. The lowest BCUT2D eigenvalue weighted by Gasteiger charge is -2.25. The van der Waals surface area contributed by atoms with Crippen LogP contribution in [0, 0.1) is 0 Å². The highest BCUT2D eigenvalue weighted by Gasteiger charge is 2.35. The Balaban J connectivity index is 2.00. The van der Waals surface area contributed by atoms with E-state index < -0.39 is 15.1 Å².